The van der Waals surface area contributed by atoms with Gasteiger partial charge < -0.3 is 15.3 Å². The highest BCUT2D eigenvalue weighted by atomic mass is 16.3. The van der Waals surface area contributed by atoms with Crippen molar-refractivity contribution in [3.05, 3.63) is 0 Å². The molecular formula is C13H24N2O2. The molecule has 1 atom stereocenters. The van der Waals surface area contributed by atoms with Crippen LogP contribution in [-0.2, 0) is 4.79 Å². The van der Waals surface area contributed by atoms with Crippen LogP contribution in [0.5, 0.6) is 0 Å². The van der Waals surface area contributed by atoms with Crippen molar-refractivity contribution in [1.29, 1.82) is 0 Å². The molecule has 2 aliphatic rings. The average Bonchev–Trinajstić information content (AvgIpc) is 2.75. The molecule has 0 aromatic carbocycles. The number of carbonyl (C=O) groups excluding carboxylic acids is 1. The molecule has 2 N–H and O–H groups in total. The van der Waals surface area contributed by atoms with Crippen LogP contribution in [-0.4, -0.2) is 48.2 Å². The number of amides is 1. The second-order valence-electron chi connectivity index (χ2n) is 5.37. The van der Waals surface area contributed by atoms with Crippen molar-refractivity contribution in [2.75, 3.05) is 26.2 Å². The molecular weight excluding hydrogens is 216 g/mol. The third-order valence-electron chi connectivity index (χ3n) is 4.49. The number of carbonyl (C=O) groups is 1. The molecule has 0 aromatic heterocycles. The lowest BCUT2D eigenvalue weighted by atomic mass is 9.80. The minimum atomic E-state index is -0.204. The summed E-state index contributed by atoms with van der Waals surface area (Å²) in [6.45, 7) is 4.43. The number of nitrogens with zero attached hydrogens (tertiary/aromatic N) is 1. The molecule has 4 nitrogen and oxygen atoms in total. The van der Waals surface area contributed by atoms with Crippen LogP contribution in [0.3, 0.4) is 0 Å². The molecule has 4 heteroatoms. The maximum Gasteiger partial charge on any atom is 0.230 e. The van der Waals surface area contributed by atoms with Gasteiger partial charge in [0, 0.05) is 19.1 Å². The van der Waals surface area contributed by atoms with E-state index < -0.39 is 0 Å². The monoisotopic (exact) mass is 240 g/mol. The zero-order chi connectivity index (χ0) is 12.3. The van der Waals surface area contributed by atoms with Gasteiger partial charge in [-0.25, -0.2) is 0 Å². The third-order valence-corrected chi connectivity index (χ3v) is 4.49. The number of hydrogen-bond acceptors (Lipinski definition) is 3. The van der Waals surface area contributed by atoms with E-state index in [2.05, 4.69) is 12.2 Å². The van der Waals surface area contributed by atoms with Crippen LogP contribution in [0.15, 0.2) is 0 Å². The van der Waals surface area contributed by atoms with Crippen molar-refractivity contribution in [1.82, 2.24) is 10.2 Å². The van der Waals surface area contributed by atoms with E-state index in [1.165, 1.54) is 6.42 Å². The number of aliphatic hydroxyl groups is 1. The van der Waals surface area contributed by atoms with Gasteiger partial charge in [-0.05, 0) is 38.6 Å². The minimum Gasteiger partial charge on any atom is -0.395 e. The van der Waals surface area contributed by atoms with Gasteiger partial charge in [0.25, 0.3) is 0 Å². The van der Waals surface area contributed by atoms with E-state index in [0.717, 1.165) is 38.8 Å². The lowest BCUT2D eigenvalue weighted by molar-refractivity contribution is -0.146. The van der Waals surface area contributed by atoms with Gasteiger partial charge >= 0.3 is 0 Å². The second kappa shape index (κ2) is 5.36. The van der Waals surface area contributed by atoms with Crippen LogP contribution in [0, 0.1) is 5.41 Å². The van der Waals surface area contributed by atoms with Gasteiger partial charge in [0.05, 0.1) is 12.0 Å². The fourth-order valence-electron chi connectivity index (χ4n) is 2.94. The molecule has 2 rings (SSSR count). The molecule has 1 amide bonds. The van der Waals surface area contributed by atoms with Gasteiger partial charge in [0.1, 0.15) is 0 Å². The number of hydrogen-bond donors (Lipinski definition) is 2. The highest BCUT2D eigenvalue weighted by molar-refractivity contribution is 5.83. The van der Waals surface area contributed by atoms with Crippen LogP contribution in [0.2, 0.25) is 0 Å². The van der Waals surface area contributed by atoms with Gasteiger partial charge in [-0.1, -0.05) is 6.92 Å². The van der Waals surface area contributed by atoms with Crippen molar-refractivity contribution in [2.45, 2.75) is 45.1 Å². The van der Waals surface area contributed by atoms with Crippen LogP contribution in [0.25, 0.3) is 0 Å². The molecule has 1 aliphatic carbocycles. The summed E-state index contributed by atoms with van der Waals surface area (Å²) in [6, 6.07) is 0.388. The van der Waals surface area contributed by atoms with Crippen molar-refractivity contribution in [3.63, 3.8) is 0 Å². The topological polar surface area (TPSA) is 52.6 Å². The Balaban J connectivity index is 2.08. The first-order chi connectivity index (χ1) is 8.23. The number of aliphatic hydroxyl groups excluding tert-OH is 1. The second-order valence-corrected chi connectivity index (χ2v) is 5.37. The van der Waals surface area contributed by atoms with E-state index in [1.807, 2.05) is 4.90 Å². The Kier molecular flexibility index (Phi) is 4.05. The molecule has 98 valence electrons. The Morgan fingerprint density at radius 1 is 1.53 bits per heavy atom. The lowest BCUT2D eigenvalue weighted by Gasteiger charge is -2.42. The normalized spacial score (nSPS) is 29.1. The largest absolute Gasteiger partial charge is 0.395 e. The lowest BCUT2D eigenvalue weighted by Crippen LogP contribution is -2.52. The third kappa shape index (κ3) is 2.33. The summed E-state index contributed by atoms with van der Waals surface area (Å²) >= 11 is 0. The molecule has 17 heavy (non-hydrogen) atoms. The molecule has 1 aliphatic heterocycles. The molecule has 1 saturated heterocycles. The zero-order valence-corrected chi connectivity index (χ0v) is 10.7. The van der Waals surface area contributed by atoms with Gasteiger partial charge in [-0.3, -0.25) is 4.79 Å². The molecule has 0 radical (unpaired) electrons. The smallest absolute Gasteiger partial charge is 0.230 e. The van der Waals surface area contributed by atoms with Gasteiger partial charge in [-0.15, -0.1) is 0 Å². The first kappa shape index (κ1) is 12.8. The predicted octanol–water partition coefficient (Wildman–Crippen LogP) is 0.749. The Morgan fingerprint density at radius 2 is 2.29 bits per heavy atom. The van der Waals surface area contributed by atoms with E-state index >= 15 is 0 Å². The summed E-state index contributed by atoms with van der Waals surface area (Å²) in [4.78, 5) is 14.6. The standard InChI is InChI=1S/C13H24N2O2/c1-2-13(6-7-14-10-13)12(17)15(8-9-16)11-4-3-5-11/h11,14,16H,2-10H2,1H3. The summed E-state index contributed by atoms with van der Waals surface area (Å²) in [5.41, 5.74) is -0.204. The van der Waals surface area contributed by atoms with Gasteiger partial charge in [-0.2, -0.15) is 0 Å². The van der Waals surface area contributed by atoms with E-state index in [0.29, 0.717) is 12.6 Å². The highest BCUT2D eigenvalue weighted by Crippen LogP contribution is 2.35. The fraction of sp³-hybridized carbons (Fsp3) is 0.923. The summed E-state index contributed by atoms with van der Waals surface area (Å²) < 4.78 is 0. The molecule has 1 unspecified atom stereocenters. The molecule has 0 bridgehead atoms. The first-order valence-electron chi connectivity index (χ1n) is 6.86. The molecule has 0 aromatic rings. The average molecular weight is 240 g/mol. The van der Waals surface area contributed by atoms with Crippen molar-refractivity contribution >= 4 is 5.91 Å². The van der Waals surface area contributed by atoms with E-state index in [9.17, 15) is 4.79 Å². The van der Waals surface area contributed by atoms with Crippen LogP contribution >= 0.6 is 0 Å². The summed E-state index contributed by atoms with van der Waals surface area (Å²) in [7, 11) is 0. The highest BCUT2D eigenvalue weighted by Gasteiger charge is 2.44. The first-order valence-corrected chi connectivity index (χ1v) is 6.86. The van der Waals surface area contributed by atoms with Crippen molar-refractivity contribution in [2.24, 2.45) is 5.41 Å². The van der Waals surface area contributed by atoms with Crippen LogP contribution in [0.1, 0.15) is 39.0 Å². The zero-order valence-electron chi connectivity index (χ0n) is 10.7. The minimum absolute atomic E-state index is 0.0788. The number of rotatable bonds is 5. The van der Waals surface area contributed by atoms with Crippen LogP contribution in [0.4, 0.5) is 0 Å². The quantitative estimate of drug-likeness (QED) is 0.745. The molecule has 2 fully saturated rings. The molecule has 0 spiro atoms. The maximum atomic E-state index is 12.7. The Bertz CT molecular complexity index is 271. The van der Waals surface area contributed by atoms with Crippen molar-refractivity contribution < 1.29 is 9.90 Å². The van der Waals surface area contributed by atoms with Crippen LogP contribution < -0.4 is 5.32 Å². The summed E-state index contributed by atoms with van der Waals surface area (Å²) in [5, 5.41) is 12.5. The van der Waals surface area contributed by atoms with E-state index in [4.69, 9.17) is 5.11 Å². The summed E-state index contributed by atoms with van der Waals surface area (Å²) in [5.74, 6) is 0.267. The van der Waals surface area contributed by atoms with E-state index in [1.54, 1.807) is 0 Å². The maximum absolute atomic E-state index is 12.7. The Morgan fingerprint density at radius 3 is 2.71 bits per heavy atom. The van der Waals surface area contributed by atoms with Gasteiger partial charge in [0.15, 0.2) is 0 Å². The fourth-order valence-corrected chi connectivity index (χ4v) is 2.94. The predicted molar refractivity (Wildman–Crippen MR) is 66.6 cm³/mol. The number of nitrogens with one attached hydrogen (secondary N) is 1. The Labute approximate surface area is 103 Å². The SMILES string of the molecule is CCC1(C(=O)N(CCO)C2CCC2)CCNC1. The molecule has 1 heterocycles. The van der Waals surface area contributed by atoms with Crippen molar-refractivity contribution in [3.8, 4) is 0 Å². The summed E-state index contributed by atoms with van der Waals surface area (Å²) in [6.07, 6.45) is 5.28. The van der Waals surface area contributed by atoms with E-state index in [-0.39, 0.29) is 17.9 Å². The molecule has 1 saturated carbocycles. The van der Waals surface area contributed by atoms with Gasteiger partial charge in [0.2, 0.25) is 5.91 Å². The Hall–Kier alpha value is -0.610.